The molecule has 0 unspecified atom stereocenters. The summed E-state index contributed by atoms with van der Waals surface area (Å²) in [6.45, 7) is 1.69. The number of carbonyl (C=O) groups excluding carboxylic acids is 1. The summed E-state index contributed by atoms with van der Waals surface area (Å²) in [6, 6.07) is 4.70. The standard InChI is InChI=1S/C9H9BrO3/c1-2-9(12)13-8-4-3-6(10)5-7(8)11/h3-5,11H,2H2,1H3. The monoisotopic (exact) mass is 244 g/mol. The maximum atomic E-state index is 10.9. The van der Waals surface area contributed by atoms with Crippen LogP contribution in [0.1, 0.15) is 13.3 Å². The van der Waals surface area contributed by atoms with E-state index < -0.39 is 0 Å². The van der Waals surface area contributed by atoms with Crippen LogP contribution in [0.25, 0.3) is 0 Å². The topological polar surface area (TPSA) is 46.5 Å². The first-order valence-electron chi connectivity index (χ1n) is 3.82. The van der Waals surface area contributed by atoms with E-state index in [2.05, 4.69) is 15.9 Å². The van der Waals surface area contributed by atoms with Crippen molar-refractivity contribution < 1.29 is 14.6 Å². The van der Waals surface area contributed by atoms with Crippen molar-refractivity contribution >= 4 is 21.9 Å². The van der Waals surface area contributed by atoms with Crippen molar-refractivity contribution in [2.45, 2.75) is 13.3 Å². The molecule has 0 aromatic heterocycles. The summed E-state index contributed by atoms with van der Waals surface area (Å²) < 4.78 is 5.58. The number of phenolic OH excluding ortho intramolecular Hbond substituents is 1. The van der Waals surface area contributed by atoms with Crippen LogP contribution in [0.4, 0.5) is 0 Å². The predicted molar refractivity (Wildman–Crippen MR) is 51.7 cm³/mol. The number of phenols is 1. The molecule has 0 aliphatic rings. The summed E-state index contributed by atoms with van der Waals surface area (Å²) in [4.78, 5) is 10.9. The van der Waals surface area contributed by atoms with Gasteiger partial charge in [-0.15, -0.1) is 0 Å². The number of halogens is 1. The number of rotatable bonds is 2. The van der Waals surface area contributed by atoms with Gasteiger partial charge in [0.1, 0.15) is 0 Å². The number of carbonyl (C=O) groups is 1. The smallest absolute Gasteiger partial charge is 0.311 e. The average Bonchev–Trinajstić information content (AvgIpc) is 2.09. The van der Waals surface area contributed by atoms with E-state index >= 15 is 0 Å². The first kappa shape index (κ1) is 10.1. The van der Waals surface area contributed by atoms with Crippen LogP contribution in [0.3, 0.4) is 0 Å². The van der Waals surface area contributed by atoms with Crippen molar-refractivity contribution in [1.29, 1.82) is 0 Å². The van der Waals surface area contributed by atoms with Gasteiger partial charge in [0.25, 0.3) is 0 Å². The van der Waals surface area contributed by atoms with Crippen LogP contribution in [0.15, 0.2) is 22.7 Å². The van der Waals surface area contributed by atoms with Crippen molar-refractivity contribution in [2.75, 3.05) is 0 Å². The van der Waals surface area contributed by atoms with Crippen LogP contribution in [0.5, 0.6) is 11.5 Å². The lowest BCUT2D eigenvalue weighted by Gasteiger charge is -2.04. The van der Waals surface area contributed by atoms with E-state index in [0.717, 1.165) is 4.47 Å². The van der Waals surface area contributed by atoms with Crippen molar-refractivity contribution in [3.8, 4) is 11.5 Å². The number of esters is 1. The molecule has 0 atom stereocenters. The molecule has 0 amide bonds. The highest BCUT2D eigenvalue weighted by Crippen LogP contribution is 2.29. The summed E-state index contributed by atoms with van der Waals surface area (Å²) >= 11 is 3.18. The minimum Gasteiger partial charge on any atom is -0.504 e. The summed E-state index contributed by atoms with van der Waals surface area (Å²) in [5.41, 5.74) is 0. The molecule has 70 valence electrons. The fourth-order valence-corrected chi connectivity index (χ4v) is 1.12. The SMILES string of the molecule is CCC(=O)Oc1ccc(Br)cc1O. The summed E-state index contributed by atoms with van der Waals surface area (Å²) in [5, 5.41) is 9.33. The minimum absolute atomic E-state index is 0.0452. The van der Waals surface area contributed by atoms with Gasteiger partial charge in [0.05, 0.1) is 0 Å². The quantitative estimate of drug-likeness (QED) is 0.643. The molecule has 0 radical (unpaired) electrons. The van der Waals surface area contributed by atoms with E-state index in [1.807, 2.05) is 0 Å². The van der Waals surface area contributed by atoms with Crippen LogP contribution in [0, 0.1) is 0 Å². The lowest BCUT2D eigenvalue weighted by molar-refractivity contribution is -0.134. The largest absolute Gasteiger partial charge is 0.504 e. The van der Waals surface area contributed by atoms with Gasteiger partial charge < -0.3 is 9.84 Å². The average molecular weight is 245 g/mol. The second kappa shape index (κ2) is 4.28. The second-order valence-electron chi connectivity index (χ2n) is 2.44. The Labute approximate surface area is 84.5 Å². The van der Waals surface area contributed by atoms with Crippen molar-refractivity contribution in [2.24, 2.45) is 0 Å². The first-order chi connectivity index (χ1) is 6.13. The van der Waals surface area contributed by atoms with Crippen molar-refractivity contribution in [3.05, 3.63) is 22.7 Å². The molecule has 1 aromatic rings. The fraction of sp³-hybridized carbons (Fsp3) is 0.222. The van der Waals surface area contributed by atoms with E-state index in [4.69, 9.17) is 4.74 Å². The first-order valence-corrected chi connectivity index (χ1v) is 4.62. The highest BCUT2D eigenvalue weighted by molar-refractivity contribution is 9.10. The molecular weight excluding hydrogens is 236 g/mol. The Morgan fingerprint density at radius 1 is 1.62 bits per heavy atom. The van der Waals surface area contributed by atoms with Gasteiger partial charge in [-0.05, 0) is 18.2 Å². The lowest BCUT2D eigenvalue weighted by Crippen LogP contribution is -2.05. The van der Waals surface area contributed by atoms with E-state index in [-0.39, 0.29) is 23.9 Å². The van der Waals surface area contributed by atoms with E-state index in [1.54, 1.807) is 13.0 Å². The fourth-order valence-electron chi connectivity index (χ4n) is 0.772. The van der Waals surface area contributed by atoms with Crippen LogP contribution < -0.4 is 4.74 Å². The molecule has 0 spiro atoms. The van der Waals surface area contributed by atoms with Gasteiger partial charge in [0.2, 0.25) is 0 Å². The Morgan fingerprint density at radius 3 is 2.85 bits per heavy atom. The van der Waals surface area contributed by atoms with Gasteiger partial charge in [-0.25, -0.2) is 0 Å². The van der Waals surface area contributed by atoms with Crippen LogP contribution in [0.2, 0.25) is 0 Å². The Bertz CT molecular complexity index is 323. The molecule has 0 heterocycles. The summed E-state index contributed by atoms with van der Waals surface area (Å²) in [6.07, 6.45) is 0.287. The zero-order valence-corrected chi connectivity index (χ0v) is 8.67. The zero-order valence-electron chi connectivity index (χ0n) is 7.08. The maximum absolute atomic E-state index is 10.9. The number of benzene rings is 1. The van der Waals surface area contributed by atoms with Gasteiger partial charge in [-0.2, -0.15) is 0 Å². The molecule has 0 bridgehead atoms. The molecule has 1 N–H and O–H groups in total. The van der Waals surface area contributed by atoms with E-state index in [0.29, 0.717) is 0 Å². The number of hydrogen-bond acceptors (Lipinski definition) is 3. The number of aromatic hydroxyl groups is 1. The van der Waals surface area contributed by atoms with Crippen LogP contribution in [-0.4, -0.2) is 11.1 Å². The van der Waals surface area contributed by atoms with Crippen LogP contribution in [-0.2, 0) is 4.79 Å². The molecule has 0 saturated carbocycles. The van der Waals surface area contributed by atoms with Gasteiger partial charge in [0.15, 0.2) is 11.5 Å². The highest BCUT2D eigenvalue weighted by atomic mass is 79.9. The zero-order chi connectivity index (χ0) is 9.84. The Morgan fingerprint density at radius 2 is 2.31 bits per heavy atom. The molecule has 0 aliphatic carbocycles. The van der Waals surface area contributed by atoms with Gasteiger partial charge in [-0.1, -0.05) is 22.9 Å². The normalized spacial score (nSPS) is 9.69. The maximum Gasteiger partial charge on any atom is 0.311 e. The third-order valence-electron chi connectivity index (χ3n) is 1.43. The molecule has 3 nitrogen and oxygen atoms in total. The highest BCUT2D eigenvalue weighted by Gasteiger charge is 2.06. The molecule has 0 aliphatic heterocycles. The second-order valence-corrected chi connectivity index (χ2v) is 3.36. The Kier molecular flexibility index (Phi) is 3.31. The number of ether oxygens (including phenoxy) is 1. The third kappa shape index (κ3) is 2.73. The molecule has 0 fully saturated rings. The summed E-state index contributed by atoms with van der Waals surface area (Å²) in [5.74, 6) is -0.219. The summed E-state index contributed by atoms with van der Waals surface area (Å²) in [7, 11) is 0. The molecular formula is C9H9BrO3. The van der Waals surface area contributed by atoms with Crippen molar-refractivity contribution in [3.63, 3.8) is 0 Å². The predicted octanol–water partition coefficient (Wildman–Crippen LogP) is 2.47. The number of hydrogen-bond donors (Lipinski definition) is 1. The Balaban J connectivity index is 2.83. The molecule has 1 rings (SSSR count). The van der Waals surface area contributed by atoms with Gasteiger partial charge in [-0.3, -0.25) is 4.79 Å². The molecule has 0 saturated heterocycles. The third-order valence-corrected chi connectivity index (χ3v) is 1.93. The Hall–Kier alpha value is -1.03. The lowest BCUT2D eigenvalue weighted by atomic mass is 10.3. The van der Waals surface area contributed by atoms with Gasteiger partial charge >= 0.3 is 5.97 Å². The van der Waals surface area contributed by atoms with Crippen LogP contribution >= 0.6 is 15.9 Å². The molecule has 13 heavy (non-hydrogen) atoms. The van der Waals surface area contributed by atoms with E-state index in [1.165, 1.54) is 12.1 Å². The molecule has 4 heteroatoms. The van der Waals surface area contributed by atoms with Crippen molar-refractivity contribution in [1.82, 2.24) is 0 Å². The van der Waals surface area contributed by atoms with Gasteiger partial charge in [0, 0.05) is 10.9 Å². The molecule has 1 aromatic carbocycles. The minimum atomic E-state index is -0.363. The van der Waals surface area contributed by atoms with E-state index in [9.17, 15) is 9.90 Å².